The molecule has 19 heteroatoms. The van der Waals surface area contributed by atoms with Crippen molar-refractivity contribution in [3.8, 4) is 0 Å². The molecule has 0 aliphatic heterocycles. The van der Waals surface area contributed by atoms with Gasteiger partial charge in [-0.05, 0) is 49.4 Å². The predicted octanol–water partition coefficient (Wildman–Crippen LogP) is 19.7. The molecule has 528 valence electrons. The van der Waals surface area contributed by atoms with Crippen LogP contribution in [-0.2, 0) is 65.4 Å². The zero-order valence-electron chi connectivity index (χ0n) is 58.1. The fourth-order valence-electron chi connectivity index (χ4n) is 10.5. The van der Waals surface area contributed by atoms with Crippen molar-refractivity contribution < 1.29 is 80.2 Å². The molecule has 3 unspecified atom stereocenters. The zero-order chi connectivity index (χ0) is 66.1. The third-order valence-corrected chi connectivity index (χ3v) is 18.3. The highest BCUT2D eigenvalue weighted by atomic mass is 31.2. The second-order valence-corrected chi connectivity index (χ2v) is 29.8. The van der Waals surface area contributed by atoms with Crippen LogP contribution < -0.4 is 0 Å². The van der Waals surface area contributed by atoms with Gasteiger partial charge in [-0.3, -0.25) is 37.3 Å². The highest BCUT2D eigenvalue weighted by Crippen LogP contribution is 2.45. The Morgan fingerprint density at radius 1 is 0.315 bits per heavy atom. The average molecular weight is 1310 g/mol. The van der Waals surface area contributed by atoms with Gasteiger partial charge in [0.1, 0.15) is 19.3 Å². The molecule has 0 aliphatic carbocycles. The number of esters is 4. The van der Waals surface area contributed by atoms with Crippen molar-refractivity contribution >= 4 is 39.5 Å². The normalized spacial score (nSPS) is 14.6. The molecule has 0 fully saturated rings. The summed E-state index contributed by atoms with van der Waals surface area (Å²) in [6.07, 6.45) is 41.9. The summed E-state index contributed by atoms with van der Waals surface area (Å²) in [5.41, 5.74) is 0. The van der Waals surface area contributed by atoms with Gasteiger partial charge in [0.05, 0.1) is 26.4 Å². The first-order valence-corrected chi connectivity index (χ1v) is 39.2. The molecule has 0 heterocycles. The highest BCUT2D eigenvalue weighted by molar-refractivity contribution is 7.47. The van der Waals surface area contributed by atoms with Crippen molar-refractivity contribution in [2.24, 2.45) is 23.7 Å². The summed E-state index contributed by atoms with van der Waals surface area (Å²) in [5, 5.41) is 10.6. The molecule has 0 aromatic carbocycles. The molecule has 0 radical (unpaired) electrons. The maximum absolute atomic E-state index is 13.0. The summed E-state index contributed by atoms with van der Waals surface area (Å²) in [4.78, 5) is 72.5. The quantitative estimate of drug-likeness (QED) is 0.0222. The number of carbonyl (C=O) groups is 4. The Morgan fingerprint density at radius 3 is 0.798 bits per heavy atom. The lowest BCUT2D eigenvalue weighted by Crippen LogP contribution is -2.30. The summed E-state index contributed by atoms with van der Waals surface area (Å²) in [7, 11) is -9.90. The summed E-state index contributed by atoms with van der Waals surface area (Å²) < 4.78 is 68.2. The molecule has 0 spiro atoms. The van der Waals surface area contributed by atoms with Gasteiger partial charge in [0.2, 0.25) is 0 Å². The van der Waals surface area contributed by atoms with Crippen molar-refractivity contribution in [3.05, 3.63) is 0 Å². The Kier molecular flexibility index (Phi) is 58.5. The molecular weight excluding hydrogens is 1170 g/mol. The first kappa shape index (κ1) is 87.1. The molecule has 0 aromatic heterocycles. The van der Waals surface area contributed by atoms with Gasteiger partial charge in [-0.15, -0.1) is 0 Å². The van der Waals surface area contributed by atoms with Gasteiger partial charge in [0.25, 0.3) is 0 Å². The van der Waals surface area contributed by atoms with Gasteiger partial charge in [-0.1, -0.05) is 293 Å². The Morgan fingerprint density at radius 2 is 0.539 bits per heavy atom. The van der Waals surface area contributed by atoms with Crippen LogP contribution in [0.25, 0.3) is 0 Å². The Hall–Kier alpha value is -1.94. The van der Waals surface area contributed by atoms with Crippen LogP contribution in [0.1, 0.15) is 344 Å². The number of carbonyl (C=O) groups excluding carboxylic acids is 4. The molecule has 17 nitrogen and oxygen atoms in total. The fraction of sp³-hybridized carbons (Fsp3) is 0.943. The maximum Gasteiger partial charge on any atom is 0.472 e. The maximum atomic E-state index is 13.0. The zero-order valence-corrected chi connectivity index (χ0v) is 59.8. The van der Waals surface area contributed by atoms with Crippen molar-refractivity contribution in [1.29, 1.82) is 0 Å². The minimum atomic E-state index is -4.95. The van der Waals surface area contributed by atoms with Crippen molar-refractivity contribution in [2.75, 3.05) is 39.6 Å². The van der Waals surface area contributed by atoms with Crippen LogP contribution in [-0.4, -0.2) is 96.7 Å². The van der Waals surface area contributed by atoms with E-state index >= 15 is 0 Å². The molecule has 3 N–H and O–H groups in total. The van der Waals surface area contributed by atoms with Crippen LogP contribution in [0.2, 0.25) is 0 Å². The van der Waals surface area contributed by atoms with Crippen molar-refractivity contribution in [3.63, 3.8) is 0 Å². The van der Waals surface area contributed by atoms with E-state index in [1.54, 1.807) is 0 Å². The van der Waals surface area contributed by atoms with E-state index in [9.17, 15) is 43.2 Å². The number of phosphoric acid groups is 2. The Labute approximate surface area is 543 Å². The lowest BCUT2D eigenvalue weighted by atomic mass is 10.00. The number of hydrogen-bond donors (Lipinski definition) is 3. The standard InChI is InChI=1S/C70H136O17P2/c1-9-63(8)49-41-33-27-29-35-43-51-68(73)81-57-66(87-69(74)52-44-36-24-20-15-13-11-10-12-14-18-22-30-38-46-60(2)3)59-85-89(78,79)83-55-64(71)54-82-88(76,77)84-58-65(56-80-67(72)50-42-34-28-26-32-40-48-62(6)7)86-70(75)53-45-37-25-21-17-16-19-23-31-39-47-61(4)5/h60-66,71H,9-59H2,1-8H3,(H,76,77)(H,78,79)/t63?,64-,65+,66+/m0/s1. The lowest BCUT2D eigenvalue weighted by Gasteiger charge is -2.21. The number of ether oxygens (including phenoxy) is 4. The van der Waals surface area contributed by atoms with Crippen LogP contribution in [0.3, 0.4) is 0 Å². The lowest BCUT2D eigenvalue weighted by molar-refractivity contribution is -0.161. The minimum Gasteiger partial charge on any atom is -0.462 e. The first-order chi connectivity index (χ1) is 42.6. The molecule has 0 amide bonds. The minimum absolute atomic E-state index is 0.104. The van der Waals surface area contributed by atoms with Crippen LogP contribution in [0.15, 0.2) is 0 Å². The van der Waals surface area contributed by atoms with E-state index in [0.29, 0.717) is 31.6 Å². The van der Waals surface area contributed by atoms with E-state index in [0.717, 1.165) is 120 Å². The van der Waals surface area contributed by atoms with E-state index < -0.39 is 97.5 Å². The van der Waals surface area contributed by atoms with Crippen molar-refractivity contribution in [2.45, 2.75) is 363 Å². The molecule has 0 bridgehead atoms. The van der Waals surface area contributed by atoms with Crippen LogP contribution in [0.4, 0.5) is 0 Å². The molecule has 89 heavy (non-hydrogen) atoms. The van der Waals surface area contributed by atoms with E-state index in [4.69, 9.17) is 37.0 Å². The first-order valence-electron chi connectivity index (χ1n) is 36.2. The van der Waals surface area contributed by atoms with Gasteiger partial charge < -0.3 is 33.8 Å². The predicted molar refractivity (Wildman–Crippen MR) is 358 cm³/mol. The summed E-state index contributed by atoms with van der Waals surface area (Å²) >= 11 is 0. The van der Waals surface area contributed by atoms with Crippen LogP contribution >= 0.6 is 15.6 Å². The van der Waals surface area contributed by atoms with Gasteiger partial charge in [-0.2, -0.15) is 0 Å². The Balaban J connectivity index is 5.23. The van der Waals surface area contributed by atoms with Gasteiger partial charge >= 0.3 is 39.5 Å². The number of unbranched alkanes of at least 4 members (excludes halogenated alkanes) is 32. The van der Waals surface area contributed by atoms with Crippen LogP contribution in [0, 0.1) is 23.7 Å². The second kappa shape index (κ2) is 59.8. The van der Waals surface area contributed by atoms with Gasteiger partial charge in [-0.25, -0.2) is 9.13 Å². The number of phosphoric ester groups is 2. The smallest absolute Gasteiger partial charge is 0.462 e. The molecule has 0 aliphatic rings. The monoisotopic (exact) mass is 1310 g/mol. The SMILES string of the molecule is CCC(C)CCCCCCCCC(=O)OC[C@H](COP(=O)(O)OC[C@@H](O)COP(=O)(O)OC[C@@H](COC(=O)CCCCCCCCC(C)C)OC(=O)CCCCCCCCCCCCC(C)C)OC(=O)CCCCCCCCCCCCCCCCC(C)C. The second-order valence-electron chi connectivity index (χ2n) is 26.9. The third kappa shape index (κ3) is 63.2. The average Bonchev–Trinajstić information content (AvgIpc) is 3.68. The highest BCUT2D eigenvalue weighted by Gasteiger charge is 2.30. The number of rotatable bonds is 67. The number of aliphatic hydroxyl groups is 1. The summed E-state index contributed by atoms with van der Waals surface area (Å²) in [6.45, 7) is 14.0. The van der Waals surface area contributed by atoms with E-state index in [-0.39, 0.29) is 25.7 Å². The van der Waals surface area contributed by atoms with Crippen molar-refractivity contribution in [1.82, 2.24) is 0 Å². The van der Waals surface area contributed by atoms with Gasteiger partial charge in [0, 0.05) is 25.7 Å². The molecule has 0 saturated carbocycles. The summed E-state index contributed by atoms with van der Waals surface area (Å²) in [5.74, 6) is 0.825. The van der Waals surface area contributed by atoms with E-state index in [1.165, 1.54) is 135 Å². The summed E-state index contributed by atoms with van der Waals surface area (Å²) in [6, 6.07) is 0. The number of hydrogen-bond acceptors (Lipinski definition) is 15. The molecule has 0 rings (SSSR count). The van der Waals surface area contributed by atoms with Gasteiger partial charge in [0.15, 0.2) is 12.2 Å². The molecule has 6 atom stereocenters. The molecular formula is C70H136O17P2. The van der Waals surface area contributed by atoms with Crippen LogP contribution in [0.5, 0.6) is 0 Å². The van der Waals surface area contributed by atoms with E-state index in [1.807, 2.05) is 0 Å². The number of aliphatic hydroxyl groups excluding tert-OH is 1. The third-order valence-electron chi connectivity index (χ3n) is 16.4. The molecule has 0 aromatic rings. The fourth-order valence-corrected chi connectivity index (χ4v) is 12.0. The topological polar surface area (TPSA) is 237 Å². The van der Waals surface area contributed by atoms with E-state index in [2.05, 4.69) is 55.4 Å². The Bertz CT molecular complexity index is 1770. The largest absolute Gasteiger partial charge is 0.472 e. The molecule has 0 saturated heterocycles.